The molecular weight excluding hydrogens is 312 g/mol. The Morgan fingerprint density at radius 3 is 2.54 bits per heavy atom. The van der Waals surface area contributed by atoms with Crippen LogP contribution in [0, 0.1) is 0 Å². The van der Waals surface area contributed by atoms with Gasteiger partial charge in [-0.15, -0.1) is 0 Å². The third-order valence-electron chi connectivity index (χ3n) is 3.56. The van der Waals surface area contributed by atoms with Gasteiger partial charge in [-0.25, -0.2) is 4.79 Å². The van der Waals surface area contributed by atoms with E-state index >= 15 is 0 Å². The van der Waals surface area contributed by atoms with Gasteiger partial charge in [0.2, 0.25) is 12.6 Å². The van der Waals surface area contributed by atoms with Crippen LogP contribution in [0.15, 0.2) is 54.3 Å². The van der Waals surface area contributed by atoms with Crippen molar-refractivity contribution in [3.05, 3.63) is 71.0 Å². The summed E-state index contributed by atoms with van der Waals surface area (Å²) in [5, 5.41) is 17.9. The molecule has 0 bridgehead atoms. The predicted octanol–water partition coefficient (Wildman–Crippen LogP) is 2.72. The third-order valence-corrected chi connectivity index (χ3v) is 3.56. The molecule has 2 N–H and O–H groups in total. The van der Waals surface area contributed by atoms with Crippen LogP contribution in [-0.4, -0.2) is 28.8 Å². The van der Waals surface area contributed by atoms with Gasteiger partial charge in [-0.3, -0.25) is 4.79 Å². The first kappa shape index (κ1) is 15.6. The van der Waals surface area contributed by atoms with E-state index in [9.17, 15) is 14.7 Å². The third kappa shape index (κ3) is 3.22. The number of allylic oxidation sites excluding steroid dienone is 1. The van der Waals surface area contributed by atoms with Crippen molar-refractivity contribution in [2.75, 3.05) is 6.79 Å². The summed E-state index contributed by atoms with van der Waals surface area (Å²) in [6.45, 7) is 0.0605. The minimum atomic E-state index is -1.56. The lowest BCUT2D eigenvalue weighted by atomic mass is 9.99. The number of aliphatic carboxylic acids is 1. The maximum absolute atomic E-state index is 12.2. The van der Waals surface area contributed by atoms with E-state index in [1.807, 2.05) is 30.3 Å². The molecule has 1 aliphatic rings. The van der Waals surface area contributed by atoms with Gasteiger partial charge in [-0.1, -0.05) is 30.3 Å². The summed E-state index contributed by atoms with van der Waals surface area (Å²) in [5.74, 6) is -2.20. The molecule has 2 aromatic carbocycles. The summed E-state index contributed by atoms with van der Waals surface area (Å²) >= 11 is 0. The van der Waals surface area contributed by atoms with E-state index in [1.54, 1.807) is 6.07 Å². The molecule has 6 nitrogen and oxygen atoms in total. The Bertz CT molecular complexity index is 823. The van der Waals surface area contributed by atoms with Gasteiger partial charge in [0.1, 0.15) is 0 Å². The van der Waals surface area contributed by atoms with Crippen LogP contribution in [0.5, 0.6) is 11.5 Å². The first-order valence-electron chi connectivity index (χ1n) is 7.19. The first-order valence-corrected chi connectivity index (χ1v) is 7.19. The molecule has 122 valence electrons. The summed E-state index contributed by atoms with van der Waals surface area (Å²) < 4.78 is 10.8. The number of fused-ring (bicyclic) bond motifs is 1. The summed E-state index contributed by atoms with van der Waals surface area (Å²) in [4.78, 5) is 22.8. The van der Waals surface area contributed by atoms with E-state index in [0.29, 0.717) is 24.0 Å². The Morgan fingerprint density at radius 1 is 1.08 bits per heavy atom. The van der Waals surface area contributed by atoms with Gasteiger partial charge >= 0.3 is 5.97 Å². The van der Waals surface area contributed by atoms with E-state index in [2.05, 4.69) is 0 Å². The smallest absolute Gasteiger partial charge is 0.371 e. The van der Waals surface area contributed by atoms with Crippen LogP contribution in [0.1, 0.15) is 21.5 Å². The number of carboxylic acids is 1. The monoisotopic (exact) mass is 326 g/mol. The molecule has 2 aromatic rings. The van der Waals surface area contributed by atoms with Gasteiger partial charge < -0.3 is 19.7 Å². The van der Waals surface area contributed by atoms with E-state index in [1.165, 1.54) is 6.07 Å². The Hall–Kier alpha value is -3.28. The number of rotatable bonds is 5. The zero-order valence-electron chi connectivity index (χ0n) is 12.6. The van der Waals surface area contributed by atoms with Crippen molar-refractivity contribution in [1.29, 1.82) is 0 Å². The highest BCUT2D eigenvalue weighted by atomic mass is 16.7. The maximum atomic E-state index is 12.2. The molecular formula is C18H14O6. The molecule has 0 saturated carbocycles. The van der Waals surface area contributed by atoms with Crippen LogP contribution >= 0.6 is 0 Å². The quantitative estimate of drug-likeness (QED) is 0.498. The zero-order valence-corrected chi connectivity index (χ0v) is 12.6. The Kier molecular flexibility index (Phi) is 4.20. The van der Waals surface area contributed by atoms with Crippen LogP contribution in [0.2, 0.25) is 0 Å². The Labute approximate surface area is 137 Å². The van der Waals surface area contributed by atoms with Crippen LogP contribution in [0.4, 0.5) is 0 Å². The molecule has 0 saturated heterocycles. The molecule has 0 atom stereocenters. The molecule has 0 fully saturated rings. The van der Waals surface area contributed by atoms with Crippen LogP contribution in [-0.2, 0) is 11.2 Å². The SMILES string of the molecule is O=C(O)C(O)=CC(=O)c1cc(Cc2ccccc2)c2c(c1)OCO2. The highest BCUT2D eigenvalue weighted by Gasteiger charge is 2.21. The number of ketones is 1. The van der Waals surface area contributed by atoms with E-state index < -0.39 is 17.5 Å². The molecule has 0 aromatic heterocycles. The molecule has 0 unspecified atom stereocenters. The average Bonchev–Trinajstić information content (AvgIpc) is 3.04. The van der Waals surface area contributed by atoms with Crippen molar-refractivity contribution in [3.8, 4) is 11.5 Å². The molecule has 0 aliphatic carbocycles. The Morgan fingerprint density at radius 2 is 1.83 bits per heavy atom. The molecule has 0 spiro atoms. The second-order valence-corrected chi connectivity index (χ2v) is 5.23. The molecule has 0 amide bonds. The summed E-state index contributed by atoms with van der Waals surface area (Å²) in [5.41, 5.74) is 2.00. The molecule has 0 radical (unpaired) electrons. The minimum absolute atomic E-state index is 0.0605. The molecule has 3 rings (SSSR count). The van der Waals surface area contributed by atoms with Crippen molar-refractivity contribution in [1.82, 2.24) is 0 Å². The summed E-state index contributed by atoms with van der Waals surface area (Å²) in [7, 11) is 0. The summed E-state index contributed by atoms with van der Waals surface area (Å²) in [6.07, 6.45) is 1.20. The predicted molar refractivity (Wildman–Crippen MR) is 84.5 cm³/mol. The first-order chi connectivity index (χ1) is 11.5. The van der Waals surface area contributed by atoms with E-state index in [4.69, 9.17) is 14.6 Å². The fourth-order valence-corrected chi connectivity index (χ4v) is 2.44. The van der Waals surface area contributed by atoms with Gasteiger partial charge in [0.15, 0.2) is 17.3 Å². The normalized spacial score (nSPS) is 12.9. The van der Waals surface area contributed by atoms with Gasteiger partial charge in [-0.2, -0.15) is 0 Å². The lowest BCUT2D eigenvalue weighted by Gasteiger charge is -2.08. The lowest BCUT2D eigenvalue weighted by molar-refractivity contribution is -0.135. The number of hydrogen-bond donors (Lipinski definition) is 2. The molecule has 1 aliphatic heterocycles. The standard InChI is InChI=1S/C18H14O6/c19-14(9-15(20)18(21)22)12-7-13(6-11-4-2-1-3-5-11)17-16(8-12)23-10-24-17/h1-5,7-9,20H,6,10H2,(H,21,22). The minimum Gasteiger partial charge on any atom is -0.502 e. The highest BCUT2D eigenvalue weighted by molar-refractivity contribution is 6.08. The number of aliphatic hydroxyl groups is 1. The average molecular weight is 326 g/mol. The zero-order chi connectivity index (χ0) is 17.1. The van der Waals surface area contributed by atoms with Crippen molar-refractivity contribution >= 4 is 11.8 Å². The summed E-state index contributed by atoms with van der Waals surface area (Å²) in [6, 6.07) is 12.7. The van der Waals surface area contributed by atoms with Crippen molar-refractivity contribution in [2.24, 2.45) is 0 Å². The number of carboxylic acid groups (broad SMARTS) is 1. The van der Waals surface area contributed by atoms with Crippen molar-refractivity contribution < 1.29 is 29.3 Å². The number of carbonyl (C=O) groups is 2. The fraction of sp³-hybridized carbons (Fsp3) is 0.111. The van der Waals surface area contributed by atoms with Gasteiger partial charge in [-0.05, 0) is 17.7 Å². The number of aliphatic hydroxyl groups excluding tert-OH is 1. The number of ether oxygens (including phenoxy) is 2. The van der Waals surface area contributed by atoms with Crippen molar-refractivity contribution in [2.45, 2.75) is 6.42 Å². The molecule has 1 heterocycles. The largest absolute Gasteiger partial charge is 0.502 e. The van der Waals surface area contributed by atoms with Gasteiger partial charge in [0, 0.05) is 23.6 Å². The number of hydrogen-bond acceptors (Lipinski definition) is 5. The molecule has 6 heteroatoms. The Balaban J connectivity index is 1.98. The number of benzene rings is 2. The second-order valence-electron chi connectivity index (χ2n) is 5.23. The number of carbonyl (C=O) groups excluding carboxylic acids is 1. The topological polar surface area (TPSA) is 93.1 Å². The van der Waals surface area contributed by atoms with E-state index in [-0.39, 0.29) is 12.4 Å². The maximum Gasteiger partial charge on any atom is 0.371 e. The molecule has 24 heavy (non-hydrogen) atoms. The van der Waals surface area contributed by atoms with E-state index in [0.717, 1.165) is 11.1 Å². The highest BCUT2D eigenvalue weighted by Crippen LogP contribution is 2.38. The van der Waals surface area contributed by atoms with Crippen LogP contribution in [0.25, 0.3) is 0 Å². The van der Waals surface area contributed by atoms with Gasteiger partial charge in [0.25, 0.3) is 0 Å². The second kappa shape index (κ2) is 6.45. The van der Waals surface area contributed by atoms with Crippen LogP contribution < -0.4 is 9.47 Å². The van der Waals surface area contributed by atoms with Crippen molar-refractivity contribution in [3.63, 3.8) is 0 Å². The van der Waals surface area contributed by atoms with Crippen LogP contribution in [0.3, 0.4) is 0 Å². The fourth-order valence-electron chi connectivity index (χ4n) is 2.44. The lowest BCUT2D eigenvalue weighted by Crippen LogP contribution is -2.04. The van der Waals surface area contributed by atoms with Gasteiger partial charge in [0.05, 0.1) is 0 Å².